The minimum Gasteiger partial charge on any atom is -0.336 e. The van der Waals surface area contributed by atoms with Crippen LogP contribution >= 0.6 is 23.4 Å². The summed E-state index contributed by atoms with van der Waals surface area (Å²) < 4.78 is 1.63. The lowest BCUT2D eigenvalue weighted by Crippen LogP contribution is -2.50. The summed E-state index contributed by atoms with van der Waals surface area (Å²) in [7, 11) is 0. The molecule has 0 aliphatic carbocycles. The Labute approximate surface area is 156 Å². The molecule has 1 saturated heterocycles. The topological polar surface area (TPSA) is 63.9 Å². The highest BCUT2D eigenvalue weighted by molar-refractivity contribution is 8.00. The molecule has 1 aromatic heterocycles. The van der Waals surface area contributed by atoms with Gasteiger partial charge in [0.1, 0.15) is 0 Å². The Bertz CT molecular complexity index is 725. The second-order valence-corrected chi connectivity index (χ2v) is 8.23. The van der Waals surface area contributed by atoms with E-state index < -0.39 is 0 Å². The second kappa shape index (κ2) is 7.74. The fourth-order valence-electron chi connectivity index (χ4n) is 3.27. The number of nitrogens with zero attached hydrogens (tertiary/aromatic N) is 5. The first-order valence-electron chi connectivity index (χ1n) is 8.50. The predicted octanol–water partition coefficient (Wildman–Crippen LogP) is 3.59. The number of likely N-dealkylation sites (tertiary alicyclic amines) is 1. The molecule has 6 nitrogen and oxygen atoms in total. The van der Waals surface area contributed by atoms with E-state index in [4.69, 9.17) is 11.6 Å². The molecule has 1 fully saturated rings. The molecule has 2 aromatic rings. The highest BCUT2D eigenvalue weighted by Crippen LogP contribution is 2.29. The summed E-state index contributed by atoms with van der Waals surface area (Å²) in [6.07, 6.45) is 3.31. The zero-order valence-electron chi connectivity index (χ0n) is 14.6. The molecule has 1 aliphatic rings. The van der Waals surface area contributed by atoms with Gasteiger partial charge in [-0.3, -0.25) is 4.79 Å². The van der Waals surface area contributed by atoms with E-state index in [0.717, 1.165) is 18.5 Å². The van der Waals surface area contributed by atoms with Gasteiger partial charge in [-0.1, -0.05) is 23.4 Å². The van der Waals surface area contributed by atoms with Crippen LogP contribution < -0.4 is 0 Å². The fraction of sp³-hybridized carbons (Fsp3) is 0.529. The number of piperidine rings is 1. The van der Waals surface area contributed by atoms with E-state index in [9.17, 15) is 4.79 Å². The van der Waals surface area contributed by atoms with E-state index in [0.29, 0.717) is 10.2 Å². The number of tetrazole rings is 1. The average Bonchev–Trinajstić information content (AvgIpc) is 3.03. The number of hydrogen-bond donors (Lipinski definition) is 0. The van der Waals surface area contributed by atoms with E-state index >= 15 is 0 Å². The minimum atomic E-state index is -0.250. The van der Waals surface area contributed by atoms with Gasteiger partial charge in [-0.15, -0.1) is 5.10 Å². The van der Waals surface area contributed by atoms with Crippen LogP contribution in [-0.4, -0.2) is 48.3 Å². The Balaban J connectivity index is 1.75. The number of amides is 1. The molecule has 0 radical (unpaired) electrons. The normalized spacial score (nSPS) is 22.0. The number of halogens is 1. The van der Waals surface area contributed by atoms with Crippen LogP contribution in [0.3, 0.4) is 0 Å². The summed E-state index contributed by atoms with van der Waals surface area (Å²) in [5.41, 5.74) is 0.816. The summed E-state index contributed by atoms with van der Waals surface area (Å²) >= 11 is 7.32. The average molecular weight is 380 g/mol. The van der Waals surface area contributed by atoms with Crippen molar-refractivity contribution in [1.82, 2.24) is 25.1 Å². The molecule has 2 heterocycles. The number of thioether (sulfide) groups is 1. The fourth-order valence-corrected chi connectivity index (χ4v) is 4.26. The smallest absolute Gasteiger partial charge is 0.236 e. The van der Waals surface area contributed by atoms with Gasteiger partial charge >= 0.3 is 0 Å². The van der Waals surface area contributed by atoms with Crippen molar-refractivity contribution >= 4 is 29.3 Å². The Kier molecular flexibility index (Phi) is 5.64. The molecule has 0 bridgehead atoms. The maximum atomic E-state index is 12.9. The summed E-state index contributed by atoms with van der Waals surface area (Å²) in [6, 6.07) is 7.85. The third-order valence-electron chi connectivity index (χ3n) is 4.59. The molecule has 0 saturated carbocycles. The molecule has 8 heteroatoms. The summed E-state index contributed by atoms with van der Waals surface area (Å²) in [5.74, 6) is 0.148. The van der Waals surface area contributed by atoms with Gasteiger partial charge in [0.25, 0.3) is 0 Å². The monoisotopic (exact) mass is 379 g/mol. The summed E-state index contributed by atoms with van der Waals surface area (Å²) in [5, 5.41) is 12.9. The molecule has 1 aromatic carbocycles. The lowest BCUT2D eigenvalue weighted by atomic mass is 9.97. The maximum absolute atomic E-state index is 12.9. The van der Waals surface area contributed by atoms with Crippen LogP contribution in [0.5, 0.6) is 0 Å². The maximum Gasteiger partial charge on any atom is 0.236 e. The molecule has 0 N–H and O–H groups in total. The minimum absolute atomic E-state index is 0.148. The number of rotatable bonds is 4. The van der Waals surface area contributed by atoms with Gasteiger partial charge in [-0.2, -0.15) is 4.68 Å². The SMILES string of the molecule is C[C@H](Sc1nnnn1-c1ccc(Cl)cc1)C(=O)N1[C@H](C)CCC[C@H]1C. The van der Waals surface area contributed by atoms with Crippen LogP contribution in [0.4, 0.5) is 0 Å². The highest BCUT2D eigenvalue weighted by Gasteiger charge is 2.32. The van der Waals surface area contributed by atoms with Crippen molar-refractivity contribution in [3.8, 4) is 5.69 Å². The molecule has 1 aliphatic heterocycles. The molecule has 3 rings (SSSR count). The predicted molar refractivity (Wildman–Crippen MR) is 99.1 cm³/mol. The molecular formula is C17H22ClN5OS. The van der Waals surface area contributed by atoms with Crippen LogP contribution in [-0.2, 0) is 4.79 Å². The lowest BCUT2D eigenvalue weighted by molar-refractivity contribution is -0.136. The molecule has 0 spiro atoms. The highest BCUT2D eigenvalue weighted by atomic mass is 35.5. The zero-order chi connectivity index (χ0) is 18.0. The van der Waals surface area contributed by atoms with Crippen LogP contribution in [0.15, 0.2) is 29.4 Å². The quantitative estimate of drug-likeness (QED) is 0.759. The van der Waals surface area contributed by atoms with Gasteiger partial charge in [-0.05, 0) is 74.7 Å². The molecule has 25 heavy (non-hydrogen) atoms. The number of aromatic nitrogens is 4. The third-order valence-corrected chi connectivity index (χ3v) is 5.86. The molecule has 1 amide bonds. The lowest BCUT2D eigenvalue weighted by Gasteiger charge is -2.40. The Morgan fingerprint density at radius 2 is 1.88 bits per heavy atom. The third kappa shape index (κ3) is 3.98. The molecule has 0 unspecified atom stereocenters. The first-order valence-corrected chi connectivity index (χ1v) is 9.76. The van der Waals surface area contributed by atoms with Crippen molar-refractivity contribution in [1.29, 1.82) is 0 Å². The van der Waals surface area contributed by atoms with Crippen molar-refractivity contribution in [2.24, 2.45) is 0 Å². The Hall–Kier alpha value is -1.60. The van der Waals surface area contributed by atoms with Crippen molar-refractivity contribution < 1.29 is 4.79 Å². The van der Waals surface area contributed by atoms with Crippen LogP contribution in [0.1, 0.15) is 40.0 Å². The van der Waals surface area contributed by atoms with Crippen molar-refractivity contribution in [3.05, 3.63) is 29.3 Å². The van der Waals surface area contributed by atoms with E-state index in [-0.39, 0.29) is 23.2 Å². The standard InChI is InChI=1S/C17H22ClN5OS/c1-11-5-4-6-12(2)22(11)16(24)13(3)25-17-19-20-21-23(17)15-9-7-14(18)8-10-15/h7-13H,4-6H2,1-3H3/t11-,12-,13+/m1/s1. The Morgan fingerprint density at radius 3 is 2.52 bits per heavy atom. The van der Waals surface area contributed by atoms with Gasteiger partial charge in [0.15, 0.2) is 0 Å². The van der Waals surface area contributed by atoms with Crippen molar-refractivity contribution in [2.45, 2.75) is 62.5 Å². The zero-order valence-corrected chi connectivity index (χ0v) is 16.2. The largest absolute Gasteiger partial charge is 0.336 e. The van der Waals surface area contributed by atoms with Gasteiger partial charge < -0.3 is 4.90 Å². The summed E-state index contributed by atoms with van der Waals surface area (Å²) in [6.45, 7) is 6.17. The van der Waals surface area contributed by atoms with Crippen LogP contribution in [0.25, 0.3) is 5.69 Å². The van der Waals surface area contributed by atoms with Gasteiger partial charge in [-0.25, -0.2) is 0 Å². The van der Waals surface area contributed by atoms with E-state index in [1.807, 2.05) is 24.0 Å². The Morgan fingerprint density at radius 1 is 1.24 bits per heavy atom. The molecule has 3 atom stereocenters. The van der Waals surface area contributed by atoms with Crippen LogP contribution in [0.2, 0.25) is 5.02 Å². The van der Waals surface area contributed by atoms with Gasteiger partial charge in [0, 0.05) is 17.1 Å². The number of hydrogen-bond acceptors (Lipinski definition) is 5. The first-order chi connectivity index (χ1) is 12.0. The number of benzene rings is 1. The van der Waals surface area contributed by atoms with Crippen molar-refractivity contribution in [2.75, 3.05) is 0 Å². The molecule has 134 valence electrons. The van der Waals surface area contributed by atoms with Crippen molar-refractivity contribution in [3.63, 3.8) is 0 Å². The summed E-state index contributed by atoms with van der Waals surface area (Å²) in [4.78, 5) is 15.0. The van der Waals surface area contributed by atoms with Crippen LogP contribution in [0, 0.1) is 0 Å². The number of carbonyl (C=O) groups is 1. The molecular weight excluding hydrogens is 358 g/mol. The first kappa shape index (κ1) is 18.2. The van der Waals surface area contributed by atoms with E-state index in [1.165, 1.54) is 18.2 Å². The van der Waals surface area contributed by atoms with E-state index in [1.54, 1.807) is 16.8 Å². The second-order valence-electron chi connectivity index (χ2n) is 6.48. The van der Waals surface area contributed by atoms with Gasteiger partial charge in [0.05, 0.1) is 10.9 Å². The number of carbonyl (C=O) groups excluding carboxylic acids is 1. The van der Waals surface area contributed by atoms with E-state index in [2.05, 4.69) is 29.4 Å². The van der Waals surface area contributed by atoms with Gasteiger partial charge in [0.2, 0.25) is 11.1 Å².